The highest BCUT2D eigenvalue weighted by Gasteiger charge is 2.33. The first-order valence-corrected chi connectivity index (χ1v) is 10.8. The smallest absolute Gasteiger partial charge is 0.224 e. The van der Waals surface area contributed by atoms with E-state index in [1.807, 2.05) is 31.2 Å². The molecule has 2 fully saturated rings. The third-order valence-electron chi connectivity index (χ3n) is 6.32. The van der Waals surface area contributed by atoms with Crippen LogP contribution in [-0.2, 0) is 11.2 Å². The van der Waals surface area contributed by atoms with Crippen LogP contribution >= 0.6 is 11.6 Å². The first-order valence-electron chi connectivity index (χ1n) is 10.4. The van der Waals surface area contributed by atoms with E-state index in [1.54, 1.807) is 0 Å². The maximum Gasteiger partial charge on any atom is 0.224 e. The molecule has 2 aliphatic rings. The molecule has 150 valence electrons. The summed E-state index contributed by atoms with van der Waals surface area (Å²) in [6.45, 7) is 5.21. The summed E-state index contributed by atoms with van der Waals surface area (Å²) in [7, 11) is 0. The van der Waals surface area contributed by atoms with Gasteiger partial charge in [0.25, 0.3) is 0 Å². The van der Waals surface area contributed by atoms with Crippen molar-refractivity contribution in [2.24, 2.45) is 5.92 Å². The number of piperidine rings is 2. The van der Waals surface area contributed by atoms with Crippen LogP contribution < -0.4 is 5.32 Å². The number of benzene rings is 1. The molecule has 2 N–H and O–H groups in total. The molecular formula is C22H29ClN4O. The van der Waals surface area contributed by atoms with E-state index in [1.165, 1.54) is 45.2 Å². The van der Waals surface area contributed by atoms with Crippen LogP contribution in [0.15, 0.2) is 24.3 Å². The first-order chi connectivity index (χ1) is 13.6. The summed E-state index contributed by atoms with van der Waals surface area (Å²) in [4.78, 5) is 15.4. The summed E-state index contributed by atoms with van der Waals surface area (Å²) < 4.78 is 0. The SMILES string of the molecule is Cc1[nH]nc(-c2ccc(Cl)cc2)c1CC(=O)NC[C@@H]1CCCN2CCCC[C@@H]12. The van der Waals surface area contributed by atoms with Crippen LogP contribution in [0.2, 0.25) is 5.02 Å². The fourth-order valence-corrected chi connectivity index (χ4v) is 4.92. The zero-order chi connectivity index (χ0) is 19.5. The Morgan fingerprint density at radius 2 is 2.00 bits per heavy atom. The summed E-state index contributed by atoms with van der Waals surface area (Å²) in [6, 6.07) is 8.24. The van der Waals surface area contributed by atoms with Gasteiger partial charge in [0.2, 0.25) is 5.91 Å². The molecule has 28 heavy (non-hydrogen) atoms. The topological polar surface area (TPSA) is 61.0 Å². The lowest BCUT2D eigenvalue weighted by molar-refractivity contribution is -0.120. The second-order valence-electron chi connectivity index (χ2n) is 8.16. The third-order valence-corrected chi connectivity index (χ3v) is 6.57. The molecule has 0 spiro atoms. The molecule has 2 aromatic rings. The van der Waals surface area contributed by atoms with E-state index in [0.717, 1.165) is 29.1 Å². The third kappa shape index (κ3) is 4.26. The Labute approximate surface area is 171 Å². The molecule has 5 nitrogen and oxygen atoms in total. The molecule has 2 atom stereocenters. The highest BCUT2D eigenvalue weighted by atomic mass is 35.5. The Balaban J connectivity index is 1.39. The zero-order valence-corrected chi connectivity index (χ0v) is 17.3. The van der Waals surface area contributed by atoms with E-state index in [0.29, 0.717) is 23.4 Å². The molecule has 6 heteroatoms. The predicted octanol–water partition coefficient (Wildman–Crippen LogP) is 3.96. The Kier molecular flexibility index (Phi) is 6.02. The standard InChI is InChI=1S/C22H29ClN4O/c1-15-19(22(26-25-15)16-7-9-18(23)10-8-16)13-21(28)24-14-17-5-4-12-27-11-3-2-6-20(17)27/h7-10,17,20H,2-6,11-14H2,1H3,(H,24,28)(H,25,26)/t17-,20-/m0/s1. The van der Waals surface area contributed by atoms with Crippen molar-refractivity contribution in [3.63, 3.8) is 0 Å². The minimum Gasteiger partial charge on any atom is -0.355 e. The second kappa shape index (κ2) is 8.66. The van der Waals surface area contributed by atoms with E-state index >= 15 is 0 Å². The van der Waals surface area contributed by atoms with Crippen LogP contribution in [0.1, 0.15) is 43.4 Å². The van der Waals surface area contributed by atoms with Gasteiger partial charge in [0.15, 0.2) is 0 Å². The van der Waals surface area contributed by atoms with Crippen molar-refractivity contribution >= 4 is 17.5 Å². The number of carbonyl (C=O) groups excluding carboxylic acids is 1. The van der Waals surface area contributed by atoms with Crippen molar-refractivity contribution in [3.8, 4) is 11.3 Å². The van der Waals surface area contributed by atoms with Gasteiger partial charge in [0, 0.05) is 34.4 Å². The largest absolute Gasteiger partial charge is 0.355 e. The normalized spacial score (nSPS) is 22.6. The van der Waals surface area contributed by atoms with E-state index in [4.69, 9.17) is 11.6 Å². The number of nitrogens with zero attached hydrogens (tertiary/aromatic N) is 2. The highest BCUT2D eigenvalue weighted by Crippen LogP contribution is 2.30. The number of H-pyrrole nitrogens is 1. The van der Waals surface area contributed by atoms with Crippen molar-refractivity contribution < 1.29 is 4.79 Å². The van der Waals surface area contributed by atoms with Crippen LogP contribution in [0, 0.1) is 12.8 Å². The summed E-state index contributed by atoms with van der Waals surface area (Å²) in [5, 5.41) is 11.4. The van der Waals surface area contributed by atoms with Crippen molar-refractivity contribution in [2.75, 3.05) is 19.6 Å². The van der Waals surface area contributed by atoms with Crippen molar-refractivity contribution in [1.82, 2.24) is 20.4 Å². The molecule has 2 aliphatic heterocycles. The molecule has 0 radical (unpaired) electrons. The van der Waals surface area contributed by atoms with E-state index in [9.17, 15) is 4.79 Å². The van der Waals surface area contributed by atoms with Crippen molar-refractivity contribution in [1.29, 1.82) is 0 Å². The van der Waals surface area contributed by atoms with Gasteiger partial charge in [-0.15, -0.1) is 0 Å². The minimum atomic E-state index is 0.0765. The maximum atomic E-state index is 12.7. The molecule has 0 bridgehead atoms. The molecular weight excluding hydrogens is 372 g/mol. The highest BCUT2D eigenvalue weighted by molar-refractivity contribution is 6.30. The van der Waals surface area contributed by atoms with E-state index in [-0.39, 0.29) is 5.91 Å². The monoisotopic (exact) mass is 400 g/mol. The van der Waals surface area contributed by atoms with Crippen molar-refractivity contribution in [2.45, 2.75) is 51.5 Å². The van der Waals surface area contributed by atoms with Crippen LogP contribution in [0.4, 0.5) is 0 Å². The van der Waals surface area contributed by atoms with Gasteiger partial charge in [-0.2, -0.15) is 5.10 Å². The summed E-state index contributed by atoms with van der Waals surface area (Å²) >= 11 is 6.00. The Morgan fingerprint density at radius 3 is 2.82 bits per heavy atom. The predicted molar refractivity (Wildman–Crippen MR) is 112 cm³/mol. The average Bonchev–Trinajstić information content (AvgIpc) is 3.07. The summed E-state index contributed by atoms with van der Waals surface area (Å²) in [5.74, 6) is 0.659. The molecule has 0 aliphatic carbocycles. The zero-order valence-electron chi connectivity index (χ0n) is 16.5. The summed E-state index contributed by atoms with van der Waals surface area (Å²) in [5.41, 5.74) is 3.71. The number of hydrogen-bond donors (Lipinski definition) is 2. The number of aromatic nitrogens is 2. The number of rotatable bonds is 5. The Hall–Kier alpha value is -1.85. The van der Waals surface area contributed by atoms with Gasteiger partial charge < -0.3 is 10.2 Å². The number of carbonyl (C=O) groups is 1. The Morgan fingerprint density at radius 1 is 1.21 bits per heavy atom. The molecule has 4 rings (SSSR count). The number of fused-ring (bicyclic) bond motifs is 1. The molecule has 2 saturated heterocycles. The minimum absolute atomic E-state index is 0.0765. The van der Waals surface area contributed by atoms with Gasteiger partial charge in [-0.05, 0) is 63.7 Å². The van der Waals surface area contributed by atoms with Gasteiger partial charge >= 0.3 is 0 Å². The number of halogens is 1. The number of aromatic amines is 1. The average molecular weight is 401 g/mol. The lowest BCUT2D eigenvalue weighted by Gasteiger charge is -2.44. The molecule has 0 unspecified atom stereocenters. The molecule has 1 aromatic heterocycles. The van der Waals surface area contributed by atoms with Gasteiger partial charge in [-0.3, -0.25) is 9.89 Å². The van der Waals surface area contributed by atoms with Gasteiger partial charge in [-0.25, -0.2) is 0 Å². The number of aryl methyl sites for hydroxylation is 1. The first kappa shape index (κ1) is 19.5. The second-order valence-corrected chi connectivity index (χ2v) is 8.60. The maximum absolute atomic E-state index is 12.7. The molecule has 1 aromatic carbocycles. The van der Waals surface area contributed by atoms with Crippen LogP contribution in [0.5, 0.6) is 0 Å². The fourth-order valence-electron chi connectivity index (χ4n) is 4.80. The lowest BCUT2D eigenvalue weighted by atomic mass is 9.83. The van der Waals surface area contributed by atoms with Crippen LogP contribution in [0.25, 0.3) is 11.3 Å². The van der Waals surface area contributed by atoms with E-state index < -0.39 is 0 Å². The quantitative estimate of drug-likeness (QED) is 0.798. The fraction of sp³-hybridized carbons (Fsp3) is 0.545. The van der Waals surface area contributed by atoms with Gasteiger partial charge in [0.1, 0.15) is 0 Å². The van der Waals surface area contributed by atoms with Crippen LogP contribution in [-0.4, -0.2) is 46.7 Å². The van der Waals surface area contributed by atoms with Gasteiger partial charge in [0.05, 0.1) is 12.1 Å². The van der Waals surface area contributed by atoms with E-state index in [2.05, 4.69) is 20.4 Å². The Bertz CT molecular complexity index is 814. The van der Waals surface area contributed by atoms with Crippen LogP contribution in [0.3, 0.4) is 0 Å². The van der Waals surface area contributed by atoms with Gasteiger partial charge in [-0.1, -0.05) is 30.2 Å². The molecule has 1 amide bonds. The molecule has 0 saturated carbocycles. The van der Waals surface area contributed by atoms with Crippen molar-refractivity contribution in [3.05, 3.63) is 40.5 Å². The number of amides is 1. The number of nitrogens with one attached hydrogen (secondary N) is 2. The molecule has 3 heterocycles. The summed E-state index contributed by atoms with van der Waals surface area (Å²) in [6.07, 6.45) is 6.75. The number of hydrogen-bond acceptors (Lipinski definition) is 3. The lowest BCUT2D eigenvalue weighted by Crippen LogP contribution is -2.51.